The molecule has 1 aliphatic rings. The first-order valence-corrected chi connectivity index (χ1v) is 6.98. The number of carbonyl (C=O) groups is 2. The maximum Gasteiger partial charge on any atom is 0.249 e. The highest BCUT2D eigenvalue weighted by Gasteiger charge is 2.23. The Morgan fingerprint density at radius 2 is 2.05 bits per heavy atom. The molecule has 0 spiro atoms. The molecule has 1 atom stereocenters. The van der Waals surface area contributed by atoms with Gasteiger partial charge in [-0.3, -0.25) is 9.59 Å². The first kappa shape index (κ1) is 15.3. The number of nitrogens with one attached hydrogen (secondary N) is 2. The number of carbonyl (C=O) groups excluding carboxylic acids is 2. The number of methoxy groups -OCH3 is 1. The summed E-state index contributed by atoms with van der Waals surface area (Å²) >= 11 is 0. The van der Waals surface area contributed by atoms with Crippen molar-refractivity contribution >= 4 is 11.8 Å². The predicted molar refractivity (Wildman–Crippen MR) is 76.8 cm³/mol. The molecule has 0 bridgehead atoms. The Balaban J connectivity index is 1.67. The second kappa shape index (κ2) is 7.64. The van der Waals surface area contributed by atoms with Crippen molar-refractivity contribution in [2.75, 3.05) is 20.3 Å². The largest absolute Gasteiger partial charge is 0.497 e. The van der Waals surface area contributed by atoms with Crippen molar-refractivity contribution in [1.29, 1.82) is 0 Å². The molecule has 0 radical (unpaired) electrons. The van der Waals surface area contributed by atoms with Crippen LogP contribution in [0, 0.1) is 0 Å². The van der Waals surface area contributed by atoms with Crippen LogP contribution in [0.15, 0.2) is 24.3 Å². The molecule has 1 heterocycles. The molecular formula is C15H20N2O4. The summed E-state index contributed by atoms with van der Waals surface area (Å²) < 4.78 is 10.3. The summed E-state index contributed by atoms with van der Waals surface area (Å²) in [5.41, 5.74) is 0.967. The molecule has 1 fully saturated rings. The SMILES string of the molecule is COc1ccc(CNC(=O)CNC(=O)[C@H]2CCCO2)cc1. The van der Waals surface area contributed by atoms with Crippen LogP contribution in [-0.4, -0.2) is 38.2 Å². The fraction of sp³-hybridized carbons (Fsp3) is 0.467. The van der Waals surface area contributed by atoms with Crippen molar-refractivity contribution in [3.8, 4) is 5.75 Å². The lowest BCUT2D eigenvalue weighted by atomic mass is 10.2. The van der Waals surface area contributed by atoms with Gasteiger partial charge in [-0.05, 0) is 30.5 Å². The Labute approximate surface area is 123 Å². The third kappa shape index (κ3) is 4.75. The van der Waals surface area contributed by atoms with E-state index in [9.17, 15) is 9.59 Å². The summed E-state index contributed by atoms with van der Waals surface area (Å²) in [5.74, 6) is 0.332. The van der Waals surface area contributed by atoms with Gasteiger partial charge in [-0.1, -0.05) is 12.1 Å². The van der Waals surface area contributed by atoms with Gasteiger partial charge in [0.25, 0.3) is 0 Å². The zero-order valence-corrected chi connectivity index (χ0v) is 12.1. The fourth-order valence-electron chi connectivity index (χ4n) is 2.07. The molecule has 0 unspecified atom stereocenters. The van der Waals surface area contributed by atoms with Crippen LogP contribution < -0.4 is 15.4 Å². The number of rotatable bonds is 6. The molecule has 6 heteroatoms. The fourth-order valence-corrected chi connectivity index (χ4v) is 2.07. The second-order valence-electron chi connectivity index (χ2n) is 4.84. The minimum Gasteiger partial charge on any atom is -0.497 e. The molecule has 114 valence electrons. The van der Waals surface area contributed by atoms with Gasteiger partial charge >= 0.3 is 0 Å². The quantitative estimate of drug-likeness (QED) is 0.805. The van der Waals surface area contributed by atoms with Crippen molar-refractivity contribution in [3.63, 3.8) is 0 Å². The summed E-state index contributed by atoms with van der Waals surface area (Å²) in [6.07, 6.45) is 1.21. The van der Waals surface area contributed by atoms with Crippen molar-refractivity contribution in [2.24, 2.45) is 0 Å². The van der Waals surface area contributed by atoms with Crippen LogP contribution in [0.4, 0.5) is 0 Å². The van der Waals surface area contributed by atoms with Gasteiger partial charge in [-0.15, -0.1) is 0 Å². The average Bonchev–Trinajstić information content (AvgIpc) is 3.05. The standard InChI is InChI=1S/C15H20N2O4/c1-20-12-6-4-11(5-7-12)9-16-14(18)10-17-15(19)13-3-2-8-21-13/h4-7,13H,2-3,8-10H2,1H3,(H,16,18)(H,17,19)/t13-/m1/s1. The maximum atomic E-state index is 11.7. The summed E-state index contributed by atoms with van der Waals surface area (Å²) in [4.78, 5) is 23.3. The van der Waals surface area contributed by atoms with Crippen LogP contribution in [0.5, 0.6) is 5.75 Å². The van der Waals surface area contributed by atoms with Crippen LogP contribution >= 0.6 is 0 Å². The molecule has 2 N–H and O–H groups in total. The van der Waals surface area contributed by atoms with Gasteiger partial charge in [0, 0.05) is 13.2 Å². The summed E-state index contributed by atoms with van der Waals surface area (Å²) in [6.45, 7) is 0.995. The Bertz CT molecular complexity index is 481. The first-order chi connectivity index (χ1) is 10.2. The van der Waals surface area contributed by atoms with E-state index >= 15 is 0 Å². The highest BCUT2D eigenvalue weighted by Crippen LogP contribution is 2.12. The molecule has 0 aliphatic carbocycles. The third-order valence-electron chi connectivity index (χ3n) is 3.29. The number of hydrogen-bond donors (Lipinski definition) is 2. The molecule has 1 aromatic rings. The van der Waals surface area contributed by atoms with E-state index in [-0.39, 0.29) is 18.4 Å². The van der Waals surface area contributed by atoms with Gasteiger partial charge in [0.2, 0.25) is 11.8 Å². The van der Waals surface area contributed by atoms with Crippen molar-refractivity contribution in [1.82, 2.24) is 10.6 Å². The summed E-state index contributed by atoms with van der Waals surface area (Å²) in [7, 11) is 1.60. The monoisotopic (exact) mass is 292 g/mol. The minimum absolute atomic E-state index is 0.0329. The van der Waals surface area contributed by atoms with E-state index in [4.69, 9.17) is 9.47 Å². The van der Waals surface area contributed by atoms with E-state index in [1.165, 1.54) is 0 Å². The van der Waals surface area contributed by atoms with Crippen LogP contribution in [0.1, 0.15) is 18.4 Å². The molecule has 0 saturated carbocycles. The van der Waals surface area contributed by atoms with Crippen molar-refractivity contribution in [3.05, 3.63) is 29.8 Å². The lowest BCUT2D eigenvalue weighted by Gasteiger charge is -2.10. The number of hydrogen-bond acceptors (Lipinski definition) is 4. The molecule has 6 nitrogen and oxygen atoms in total. The lowest BCUT2D eigenvalue weighted by molar-refractivity contribution is -0.132. The van der Waals surface area contributed by atoms with E-state index < -0.39 is 6.10 Å². The lowest BCUT2D eigenvalue weighted by Crippen LogP contribution is -2.41. The predicted octanol–water partition coefficient (Wildman–Crippen LogP) is 0.607. The van der Waals surface area contributed by atoms with Gasteiger partial charge < -0.3 is 20.1 Å². The smallest absolute Gasteiger partial charge is 0.249 e. The van der Waals surface area contributed by atoms with Crippen LogP contribution in [0.25, 0.3) is 0 Å². The summed E-state index contributed by atoms with van der Waals surface area (Å²) in [5, 5.41) is 5.33. The van der Waals surface area contributed by atoms with Crippen LogP contribution in [-0.2, 0) is 20.9 Å². The maximum absolute atomic E-state index is 11.7. The zero-order valence-electron chi connectivity index (χ0n) is 12.1. The molecule has 2 rings (SSSR count). The van der Waals surface area contributed by atoms with Crippen molar-refractivity contribution < 1.29 is 19.1 Å². The van der Waals surface area contributed by atoms with E-state index in [1.54, 1.807) is 7.11 Å². The summed E-state index contributed by atoms with van der Waals surface area (Å²) in [6, 6.07) is 7.43. The minimum atomic E-state index is -0.403. The number of benzene rings is 1. The first-order valence-electron chi connectivity index (χ1n) is 6.98. The van der Waals surface area contributed by atoms with Gasteiger partial charge in [0.15, 0.2) is 0 Å². The van der Waals surface area contributed by atoms with Gasteiger partial charge in [-0.2, -0.15) is 0 Å². The molecule has 2 amide bonds. The number of amides is 2. The Morgan fingerprint density at radius 1 is 1.29 bits per heavy atom. The molecule has 21 heavy (non-hydrogen) atoms. The van der Waals surface area contributed by atoms with Crippen LogP contribution in [0.2, 0.25) is 0 Å². The molecule has 0 aromatic heterocycles. The van der Waals surface area contributed by atoms with E-state index in [0.717, 1.165) is 24.2 Å². The second-order valence-corrected chi connectivity index (χ2v) is 4.84. The van der Waals surface area contributed by atoms with E-state index in [1.807, 2.05) is 24.3 Å². The highest BCUT2D eigenvalue weighted by molar-refractivity contribution is 5.86. The Kier molecular flexibility index (Phi) is 5.57. The van der Waals surface area contributed by atoms with E-state index in [0.29, 0.717) is 13.2 Å². The molecule has 1 aliphatic heterocycles. The zero-order chi connectivity index (χ0) is 15.1. The molecule has 1 aromatic carbocycles. The third-order valence-corrected chi connectivity index (χ3v) is 3.29. The highest BCUT2D eigenvalue weighted by atomic mass is 16.5. The van der Waals surface area contributed by atoms with Crippen molar-refractivity contribution in [2.45, 2.75) is 25.5 Å². The van der Waals surface area contributed by atoms with Gasteiger partial charge in [-0.25, -0.2) is 0 Å². The van der Waals surface area contributed by atoms with Crippen LogP contribution in [0.3, 0.4) is 0 Å². The molecular weight excluding hydrogens is 272 g/mol. The normalized spacial score (nSPS) is 17.3. The number of ether oxygens (including phenoxy) is 2. The van der Waals surface area contributed by atoms with E-state index in [2.05, 4.69) is 10.6 Å². The van der Waals surface area contributed by atoms with Gasteiger partial charge in [0.05, 0.1) is 13.7 Å². The Hall–Kier alpha value is -2.08. The van der Waals surface area contributed by atoms with Gasteiger partial charge in [0.1, 0.15) is 11.9 Å². The average molecular weight is 292 g/mol. The Morgan fingerprint density at radius 3 is 2.67 bits per heavy atom. The molecule has 1 saturated heterocycles. The topological polar surface area (TPSA) is 76.7 Å².